The quantitative estimate of drug-likeness (QED) is 0.803. The maximum absolute atomic E-state index is 13.2. The molecule has 0 aliphatic rings. The Morgan fingerprint density at radius 2 is 2.07 bits per heavy atom. The van der Waals surface area contributed by atoms with Gasteiger partial charge in [-0.05, 0) is 12.1 Å². The van der Waals surface area contributed by atoms with Crippen molar-refractivity contribution in [1.82, 2.24) is 0 Å². The van der Waals surface area contributed by atoms with E-state index in [0.717, 1.165) is 0 Å². The third kappa shape index (κ3) is 3.16. The van der Waals surface area contributed by atoms with E-state index in [1.807, 2.05) is 13.8 Å². The van der Waals surface area contributed by atoms with Crippen molar-refractivity contribution in [3.05, 3.63) is 30.1 Å². The molecule has 0 bridgehead atoms. The number of halogens is 1. The minimum absolute atomic E-state index is 0.224. The SMILES string of the molecule is CC(C)(COc1ccccc1F)C(N)=S. The van der Waals surface area contributed by atoms with Crippen LogP contribution in [0.1, 0.15) is 13.8 Å². The summed E-state index contributed by atoms with van der Waals surface area (Å²) in [5.41, 5.74) is 5.10. The summed E-state index contributed by atoms with van der Waals surface area (Å²) in [5, 5.41) is 0. The maximum Gasteiger partial charge on any atom is 0.165 e. The topological polar surface area (TPSA) is 35.2 Å². The minimum atomic E-state index is -0.433. The van der Waals surface area contributed by atoms with Crippen LogP contribution in [-0.2, 0) is 0 Å². The highest BCUT2D eigenvalue weighted by Crippen LogP contribution is 2.21. The van der Waals surface area contributed by atoms with E-state index in [0.29, 0.717) is 4.99 Å². The summed E-state index contributed by atoms with van der Waals surface area (Å²) in [6.45, 7) is 3.98. The highest BCUT2D eigenvalue weighted by Gasteiger charge is 2.22. The number of hydrogen-bond donors (Lipinski definition) is 1. The van der Waals surface area contributed by atoms with Crippen LogP contribution in [0.25, 0.3) is 0 Å². The number of para-hydroxylation sites is 1. The van der Waals surface area contributed by atoms with E-state index in [1.165, 1.54) is 6.07 Å². The molecule has 0 heterocycles. The fourth-order valence-electron chi connectivity index (χ4n) is 0.891. The normalized spacial score (nSPS) is 11.1. The van der Waals surface area contributed by atoms with Crippen molar-refractivity contribution in [2.75, 3.05) is 6.61 Å². The van der Waals surface area contributed by atoms with Crippen molar-refractivity contribution in [1.29, 1.82) is 0 Å². The molecule has 0 saturated carbocycles. The average molecular weight is 227 g/mol. The molecule has 0 atom stereocenters. The summed E-state index contributed by atoms with van der Waals surface area (Å²) < 4.78 is 18.5. The molecule has 2 N–H and O–H groups in total. The second-order valence-corrected chi connectivity index (χ2v) is 4.41. The molecule has 0 spiro atoms. The summed E-state index contributed by atoms with van der Waals surface area (Å²) in [6.07, 6.45) is 0. The third-order valence-electron chi connectivity index (χ3n) is 2.09. The van der Waals surface area contributed by atoms with E-state index in [1.54, 1.807) is 18.2 Å². The van der Waals surface area contributed by atoms with Gasteiger partial charge in [-0.25, -0.2) is 4.39 Å². The van der Waals surface area contributed by atoms with Crippen LogP contribution in [0.5, 0.6) is 5.75 Å². The zero-order chi connectivity index (χ0) is 11.5. The van der Waals surface area contributed by atoms with Gasteiger partial charge in [0.15, 0.2) is 11.6 Å². The van der Waals surface area contributed by atoms with Crippen LogP contribution in [0.4, 0.5) is 4.39 Å². The van der Waals surface area contributed by atoms with Gasteiger partial charge in [0.25, 0.3) is 0 Å². The summed E-state index contributed by atoms with van der Waals surface area (Å²) in [6, 6.07) is 6.25. The van der Waals surface area contributed by atoms with Gasteiger partial charge in [0.2, 0.25) is 0 Å². The number of ether oxygens (including phenoxy) is 1. The zero-order valence-corrected chi connectivity index (χ0v) is 9.60. The van der Waals surface area contributed by atoms with E-state index < -0.39 is 5.41 Å². The molecule has 1 aromatic carbocycles. The van der Waals surface area contributed by atoms with E-state index >= 15 is 0 Å². The molecule has 0 radical (unpaired) electrons. The lowest BCUT2D eigenvalue weighted by atomic mass is 9.95. The fourth-order valence-corrected chi connectivity index (χ4v) is 0.950. The molecule has 4 heteroatoms. The van der Waals surface area contributed by atoms with Gasteiger partial charge in [-0.2, -0.15) is 0 Å². The Bertz CT molecular complexity index is 365. The molecule has 0 amide bonds. The first kappa shape index (κ1) is 11.9. The van der Waals surface area contributed by atoms with Crippen LogP contribution >= 0.6 is 12.2 Å². The predicted molar refractivity (Wildman–Crippen MR) is 62.5 cm³/mol. The zero-order valence-electron chi connectivity index (χ0n) is 8.79. The largest absolute Gasteiger partial charge is 0.490 e. The molecule has 2 nitrogen and oxygen atoms in total. The Hall–Kier alpha value is -1.16. The summed E-state index contributed by atoms with van der Waals surface area (Å²) >= 11 is 4.88. The standard InChI is InChI=1S/C11H14FNOS/c1-11(2,10(13)15)7-14-9-6-4-3-5-8(9)12/h3-6H,7H2,1-2H3,(H2,13,15). The molecule has 0 unspecified atom stereocenters. The van der Waals surface area contributed by atoms with Gasteiger partial charge < -0.3 is 10.5 Å². The molecule has 0 aromatic heterocycles. The fraction of sp³-hybridized carbons (Fsp3) is 0.364. The molecule has 15 heavy (non-hydrogen) atoms. The summed E-state index contributed by atoms with van der Waals surface area (Å²) in [7, 11) is 0. The van der Waals surface area contributed by atoms with Gasteiger partial charge in [0, 0.05) is 5.41 Å². The first-order valence-corrected chi connectivity index (χ1v) is 5.01. The molecular weight excluding hydrogens is 213 g/mol. The first-order valence-electron chi connectivity index (χ1n) is 4.61. The lowest BCUT2D eigenvalue weighted by Gasteiger charge is -2.23. The summed E-state index contributed by atoms with van der Waals surface area (Å²) in [4.78, 5) is 0.360. The smallest absolute Gasteiger partial charge is 0.165 e. The van der Waals surface area contributed by atoms with Gasteiger partial charge in [0.1, 0.15) is 0 Å². The number of benzene rings is 1. The van der Waals surface area contributed by atoms with E-state index in [4.69, 9.17) is 22.7 Å². The van der Waals surface area contributed by atoms with Crippen molar-refractivity contribution < 1.29 is 9.13 Å². The van der Waals surface area contributed by atoms with E-state index in [9.17, 15) is 4.39 Å². The molecule has 0 fully saturated rings. The number of thiocarbonyl (C=S) groups is 1. The highest BCUT2D eigenvalue weighted by atomic mass is 32.1. The van der Waals surface area contributed by atoms with Gasteiger partial charge in [0.05, 0.1) is 11.6 Å². The lowest BCUT2D eigenvalue weighted by Crippen LogP contribution is -2.35. The number of nitrogens with two attached hydrogens (primary N) is 1. The van der Waals surface area contributed by atoms with E-state index in [-0.39, 0.29) is 18.2 Å². The first-order chi connectivity index (χ1) is 6.93. The third-order valence-corrected chi connectivity index (χ3v) is 2.64. The molecule has 1 rings (SSSR count). The number of hydrogen-bond acceptors (Lipinski definition) is 2. The molecule has 0 saturated heterocycles. The molecule has 1 aromatic rings. The van der Waals surface area contributed by atoms with Crippen LogP contribution < -0.4 is 10.5 Å². The molecule has 0 aliphatic carbocycles. The predicted octanol–water partition coefficient (Wildman–Crippen LogP) is 2.52. The van der Waals surface area contributed by atoms with Crippen LogP contribution in [0.15, 0.2) is 24.3 Å². The van der Waals surface area contributed by atoms with Gasteiger partial charge in [-0.15, -0.1) is 0 Å². The van der Waals surface area contributed by atoms with E-state index in [2.05, 4.69) is 0 Å². The second kappa shape index (κ2) is 4.57. The van der Waals surface area contributed by atoms with Crippen LogP contribution in [-0.4, -0.2) is 11.6 Å². The monoisotopic (exact) mass is 227 g/mol. The van der Waals surface area contributed by atoms with Gasteiger partial charge in [-0.3, -0.25) is 0 Å². The van der Waals surface area contributed by atoms with Gasteiger partial charge in [-0.1, -0.05) is 38.2 Å². The Kier molecular flexibility index (Phi) is 3.63. The Balaban J connectivity index is 2.66. The van der Waals surface area contributed by atoms with Crippen LogP contribution in [0.2, 0.25) is 0 Å². The van der Waals surface area contributed by atoms with Gasteiger partial charge >= 0.3 is 0 Å². The Morgan fingerprint density at radius 1 is 1.47 bits per heavy atom. The molecular formula is C11H14FNOS. The Labute approximate surface area is 94.2 Å². The van der Waals surface area contributed by atoms with Crippen molar-refractivity contribution in [2.24, 2.45) is 11.1 Å². The second-order valence-electron chi connectivity index (χ2n) is 3.97. The average Bonchev–Trinajstić information content (AvgIpc) is 2.16. The molecule has 82 valence electrons. The van der Waals surface area contributed by atoms with Crippen molar-refractivity contribution in [3.8, 4) is 5.75 Å². The highest BCUT2D eigenvalue weighted by molar-refractivity contribution is 7.80. The van der Waals surface area contributed by atoms with Crippen molar-refractivity contribution >= 4 is 17.2 Å². The molecule has 0 aliphatic heterocycles. The van der Waals surface area contributed by atoms with Crippen molar-refractivity contribution in [2.45, 2.75) is 13.8 Å². The lowest BCUT2D eigenvalue weighted by molar-refractivity contribution is 0.227. The van der Waals surface area contributed by atoms with Crippen LogP contribution in [0, 0.1) is 11.2 Å². The Morgan fingerprint density at radius 3 is 2.60 bits per heavy atom. The van der Waals surface area contributed by atoms with Crippen molar-refractivity contribution in [3.63, 3.8) is 0 Å². The maximum atomic E-state index is 13.2. The number of rotatable bonds is 4. The van der Waals surface area contributed by atoms with Crippen LogP contribution in [0.3, 0.4) is 0 Å². The summed E-state index contributed by atoms with van der Waals surface area (Å²) in [5.74, 6) is -0.155. The minimum Gasteiger partial charge on any atom is -0.490 e.